The monoisotopic (exact) mass is 748 g/mol. The van der Waals surface area contributed by atoms with Gasteiger partial charge in [0.15, 0.2) is 0 Å². The fourth-order valence-corrected chi connectivity index (χ4v) is 7.33. The van der Waals surface area contributed by atoms with Crippen molar-refractivity contribution < 1.29 is 32.6 Å². The molecule has 3 heterocycles. The summed E-state index contributed by atoms with van der Waals surface area (Å²) in [5.41, 5.74) is 3.74. The number of ether oxygens (including phenoxy) is 2. The Bertz CT molecular complexity index is 2020. The van der Waals surface area contributed by atoms with Crippen LogP contribution in [0.3, 0.4) is 0 Å². The highest BCUT2D eigenvalue weighted by atomic mass is 79.9. The second kappa shape index (κ2) is 12.7. The van der Waals surface area contributed by atoms with Gasteiger partial charge in [0.2, 0.25) is 5.91 Å². The molecule has 1 aromatic heterocycles. The van der Waals surface area contributed by atoms with Crippen LogP contribution in [0, 0.1) is 5.92 Å². The van der Waals surface area contributed by atoms with Gasteiger partial charge < -0.3 is 34.5 Å². The second-order valence-corrected chi connectivity index (χ2v) is 13.9. The van der Waals surface area contributed by atoms with Gasteiger partial charge in [-0.1, -0.05) is 54.0 Å². The van der Waals surface area contributed by atoms with E-state index >= 15 is 8.78 Å². The highest BCUT2D eigenvalue weighted by Gasteiger charge is 2.46. The van der Waals surface area contributed by atoms with E-state index in [0.717, 1.165) is 11.1 Å². The van der Waals surface area contributed by atoms with Crippen LogP contribution in [0.15, 0.2) is 65.3 Å². The smallest absolute Gasteiger partial charge is 0.407 e. The van der Waals surface area contributed by atoms with E-state index in [-0.39, 0.29) is 36.3 Å². The number of rotatable bonds is 6. The van der Waals surface area contributed by atoms with Crippen molar-refractivity contribution in [3.05, 3.63) is 93.3 Å². The highest BCUT2D eigenvalue weighted by molar-refractivity contribution is 9.10. The Morgan fingerprint density at radius 1 is 0.980 bits per heavy atom. The molecule has 11 nitrogen and oxygen atoms in total. The zero-order valence-corrected chi connectivity index (χ0v) is 29.4. The topological polar surface area (TPSA) is 120 Å². The number of imidazole rings is 1. The number of aromatic nitrogens is 2. The van der Waals surface area contributed by atoms with Crippen molar-refractivity contribution in [1.29, 1.82) is 0 Å². The summed E-state index contributed by atoms with van der Waals surface area (Å²) in [6.45, 7) is 4.44. The zero-order valence-electron chi connectivity index (χ0n) is 27.8. The normalized spacial score (nSPS) is 17.8. The van der Waals surface area contributed by atoms with Crippen LogP contribution in [0.2, 0.25) is 0 Å². The van der Waals surface area contributed by atoms with E-state index in [0.29, 0.717) is 51.5 Å². The molecular weight excluding hydrogens is 714 g/mol. The number of fused-ring (bicyclic) bond motifs is 4. The molecule has 50 heavy (non-hydrogen) atoms. The van der Waals surface area contributed by atoms with Gasteiger partial charge in [0.05, 0.1) is 39.3 Å². The van der Waals surface area contributed by atoms with Crippen LogP contribution in [0.4, 0.5) is 18.4 Å². The predicted octanol–water partition coefficient (Wildman–Crippen LogP) is 6.63. The van der Waals surface area contributed by atoms with E-state index in [9.17, 15) is 14.4 Å². The Morgan fingerprint density at radius 3 is 2.42 bits per heavy atom. The minimum absolute atomic E-state index is 0.0561. The van der Waals surface area contributed by atoms with Gasteiger partial charge in [-0.2, -0.15) is 8.78 Å². The lowest BCUT2D eigenvalue weighted by molar-refractivity contribution is -0.135. The maximum Gasteiger partial charge on any atom is 0.407 e. The molecule has 1 aliphatic carbocycles. The molecule has 3 aromatic carbocycles. The molecular formula is C36H35BrF2N6O5. The molecule has 0 spiro atoms. The van der Waals surface area contributed by atoms with Crippen molar-refractivity contribution in [2.75, 3.05) is 27.4 Å². The summed E-state index contributed by atoms with van der Waals surface area (Å²) in [6.07, 6.45) is 0.784. The summed E-state index contributed by atoms with van der Waals surface area (Å²) in [6, 6.07) is 13.5. The van der Waals surface area contributed by atoms with Crippen molar-refractivity contribution in [3.63, 3.8) is 0 Å². The first kappa shape index (κ1) is 33.5. The van der Waals surface area contributed by atoms with Crippen LogP contribution in [0.5, 0.6) is 5.75 Å². The Kier molecular flexibility index (Phi) is 8.53. The quantitative estimate of drug-likeness (QED) is 0.229. The SMILES string of the molecule is COC(=O)N[C@H](C(=O)N1CN(C(=O)N2Cc3ccc(OC)cc3C2)C[C@H]1c1ncc(-c2ccc3c(c2)C(F)(F)c2cc(Br)ccc2-3)[nH]1)C(C)C. The molecule has 2 aliphatic heterocycles. The number of carbonyl (C=O) groups is 3. The third-order valence-corrected chi connectivity index (χ3v) is 10.1. The number of halogens is 3. The van der Waals surface area contributed by atoms with Crippen molar-refractivity contribution in [1.82, 2.24) is 30.0 Å². The van der Waals surface area contributed by atoms with Gasteiger partial charge in [0.25, 0.3) is 5.92 Å². The van der Waals surface area contributed by atoms with Crippen LogP contribution >= 0.6 is 15.9 Å². The Morgan fingerprint density at radius 2 is 1.70 bits per heavy atom. The fourth-order valence-electron chi connectivity index (χ4n) is 6.97. The van der Waals surface area contributed by atoms with Gasteiger partial charge in [-0.05, 0) is 58.5 Å². The largest absolute Gasteiger partial charge is 0.497 e. The van der Waals surface area contributed by atoms with Crippen LogP contribution < -0.4 is 10.1 Å². The van der Waals surface area contributed by atoms with E-state index in [1.54, 1.807) is 55.0 Å². The van der Waals surface area contributed by atoms with Gasteiger partial charge in [0, 0.05) is 34.3 Å². The molecule has 0 bridgehead atoms. The highest BCUT2D eigenvalue weighted by Crippen LogP contribution is 2.52. The number of methoxy groups -OCH3 is 2. The maximum absolute atomic E-state index is 15.6. The minimum Gasteiger partial charge on any atom is -0.497 e. The first-order chi connectivity index (χ1) is 23.9. The number of H-pyrrole nitrogens is 1. The van der Waals surface area contributed by atoms with E-state index in [4.69, 9.17) is 9.47 Å². The van der Waals surface area contributed by atoms with Gasteiger partial charge in [-0.15, -0.1) is 0 Å². The maximum atomic E-state index is 15.6. The predicted molar refractivity (Wildman–Crippen MR) is 183 cm³/mol. The first-order valence-corrected chi connectivity index (χ1v) is 16.9. The lowest BCUT2D eigenvalue weighted by Gasteiger charge is -2.29. The Labute approximate surface area is 295 Å². The second-order valence-electron chi connectivity index (χ2n) is 13.0. The minimum atomic E-state index is -3.19. The average Bonchev–Trinajstić information content (AvgIpc) is 3.90. The van der Waals surface area contributed by atoms with E-state index in [2.05, 4.69) is 31.2 Å². The summed E-state index contributed by atoms with van der Waals surface area (Å²) in [4.78, 5) is 52.9. The lowest BCUT2D eigenvalue weighted by atomic mass is 10.0. The molecule has 260 valence electrons. The molecule has 1 fully saturated rings. The zero-order chi connectivity index (χ0) is 35.5. The number of benzene rings is 3. The molecule has 4 amide bonds. The number of alkyl halides is 2. The van der Waals surface area contributed by atoms with Crippen LogP contribution in [-0.4, -0.2) is 76.2 Å². The molecule has 0 saturated carbocycles. The standard InChI is InChI=1S/C36H35BrF2N6O5/c1-19(2)31(42-34(47)50-4)33(46)45-18-44(35(48)43-15-21-5-8-24(49-3)11-22(21)16-43)17-30(45)32-40-14-29(41-32)20-6-9-25-26-10-7-23(37)13-28(26)36(38,39)27(25)12-20/h5-14,19,30-31H,15-18H2,1-4H3,(H,40,41)(H,42,47)/t30-,31-/m0/s1. The van der Waals surface area contributed by atoms with E-state index < -0.39 is 30.0 Å². The third kappa shape index (κ3) is 5.74. The fraction of sp³-hybridized carbons (Fsp3) is 0.333. The summed E-state index contributed by atoms with van der Waals surface area (Å²) >= 11 is 3.31. The molecule has 14 heteroatoms. The van der Waals surface area contributed by atoms with Crippen molar-refractivity contribution in [3.8, 4) is 28.1 Å². The number of nitrogens with zero attached hydrogens (tertiary/aromatic N) is 4. The van der Waals surface area contributed by atoms with Crippen molar-refractivity contribution >= 4 is 34.0 Å². The molecule has 7 rings (SSSR count). The van der Waals surface area contributed by atoms with E-state index in [1.807, 2.05) is 18.2 Å². The first-order valence-electron chi connectivity index (χ1n) is 16.1. The number of hydrogen-bond donors (Lipinski definition) is 2. The van der Waals surface area contributed by atoms with Crippen LogP contribution in [0.1, 0.15) is 48.0 Å². The average molecular weight is 750 g/mol. The van der Waals surface area contributed by atoms with Crippen molar-refractivity contribution in [2.24, 2.45) is 5.92 Å². The number of nitrogens with one attached hydrogen (secondary N) is 2. The van der Waals surface area contributed by atoms with Gasteiger partial charge in [-0.25, -0.2) is 14.6 Å². The molecule has 3 aliphatic rings. The number of amides is 4. The number of carbonyl (C=O) groups excluding carboxylic acids is 3. The summed E-state index contributed by atoms with van der Waals surface area (Å²) in [7, 11) is 2.81. The summed E-state index contributed by atoms with van der Waals surface area (Å²) in [5, 5.41) is 2.63. The third-order valence-electron chi connectivity index (χ3n) is 9.63. The summed E-state index contributed by atoms with van der Waals surface area (Å²) < 4.78 is 42.0. The van der Waals surface area contributed by atoms with Gasteiger partial charge >= 0.3 is 12.1 Å². The Balaban J connectivity index is 1.18. The summed E-state index contributed by atoms with van der Waals surface area (Å²) in [5.74, 6) is -2.84. The Hall–Kier alpha value is -4.98. The molecule has 0 unspecified atom stereocenters. The molecule has 2 atom stereocenters. The number of aromatic amines is 1. The van der Waals surface area contributed by atoms with Crippen LogP contribution in [-0.2, 0) is 28.5 Å². The van der Waals surface area contributed by atoms with Crippen LogP contribution in [0.25, 0.3) is 22.4 Å². The van der Waals surface area contributed by atoms with Gasteiger partial charge in [-0.3, -0.25) is 4.79 Å². The van der Waals surface area contributed by atoms with E-state index in [1.165, 1.54) is 30.3 Å². The molecule has 4 aromatic rings. The number of hydrogen-bond acceptors (Lipinski definition) is 6. The number of urea groups is 1. The molecule has 1 saturated heterocycles. The lowest BCUT2D eigenvalue weighted by Crippen LogP contribution is -2.52. The number of alkyl carbamates (subject to hydrolysis) is 1. The van der Waals surface area contributed by atoms with Crippen molar-refractivity contribution in [2.45, 2.75) is 44.9 Å². The molecule has 0 radical (unpaired) electrons. The molecule has 2 N–H and O–H groups in total. The van der Waals surface area contributed by atoms with Gasteiger partial charge in [0.1, 0.15) is 23.7 Å².